The van der Waals surface area contributed by atoms with Crippen LogP contribution in [-0.2, 0) is 28.7 Å². The van der Waals surface area contributed by atoms with Crippen LogP contribution in [0.4, 0.5) is 4.79 Å². The SMILES string of the molecule is C=S(=O)(CC1(NC(=O)N[C@H](C(=O)N2C[C@H]3[C@H](CCC3(C)C)[C@H]2C(=O)NC(CCC)C(=O)C(=O)NC2CC2)C2(C)CCCCC2)CCCCC1)C(C)(C)C. The predicted molar refractivity (Wildman–Crippen MR) is 211 cm³/mol. The molecule has 0 aromatic carbocycles. The van der Waals surface area contributed by atoms with Crippen LogP contribution in [0.25, 0.3) is 0 Å². The Kier molecular flexibility index (Phi) is 12.4. The van der Waals surface area contributed by atoms with Crippen molar-refractivity contribution in [1.82, 2.24) is 26.2 Å². The molecule has 0 aromatic rings. The van der Waals surface area contributed by atoms with Gasteiger partial charge in [0, 0.05) is 23.1 Å². The molecule has 4 aliphatic carbocycles. The number of fused-ring (bicyclic) bond motifs is 1. The molecule has 5 rings (SSSR count). The van der Waals surface area contributed by atoms with E-state index in [2.05, 4.69) is 47.9 Å². The van der Waals surface area contributed by atoms with Gasteiger partial charge in [0.2, 0.25) is 17.6 Å². The third-order valence-electron chi connectivity index (χ3n) is 13.7. The third kappa shape index (κ3) is 9.26. The van der Waals surface area contributed by atoms with Crippen molar-refractivity contribution < 1.29 is 28.2 Å². The Balaban J connectivity index is 1.43. The highest BCUT2D eigenvalue weighted by atomic mass is 32.2. The van der Waals surface area contributed by atoms with E-state index in [1.165, 1.54) is 0 Å². The third-order valence-corrected chi connectivity index (χ3v) is 17.0. The number of carbonyl (C=O) groups excluding carboxylic acids is 5. The van der Waals surface area contributed by atoms with Gasteiger partial charge < -0.3 is 26.2 Å². The highest BCUT2D eigenvalue weighted by Crippen LogP contribution is 2.53. The first-order valence-corrected chi connectivity index (χ1v) is 22.5. The molecule has 6 atom stereocenters. The summed E-state index contributed by atoms with van der Waals surface area (Å²) in [6.45, 7) is 14.6. The van der Waals surface area contributed by atoms with E-state index in [1.54, 1.807) is 4.90 Å². The van der Waals surface area contributed by atoms with Crippen molar-refractivity contribution >= 4 is 44.9 Å². The molecule has 0 spiro atoms. The van der Waals surface area contributed by atoms with Gasteiger partial charge in [-0.15, -0.1) is 0 Å². The Labute approximate surface area is 319 Å². The van der Waals surface area contributed by atoms with E-state index < -0.39 is 67.0 Å². The first-order valence-electron chi connectivity index (χ1n) is 20.6. The van der Waals surface area contributed by atoms with E-state index in [-0.39, 0.29) is 35.0 Å². The molecule has 0 aromatic heterocycles. The molecular formula is C41H69N5O6S. The average Bonchev–Trinajstić information content (AvgIpc) is 3.72. The number of carbonyl (C=O) groups is 5. The van der Waals surface area contributed by atoms with Gasteiger partial charge in [0.05, 0.1) is 11.6 Å². The maximum Gasteiger partial charge on any atom is 0.315 e. The van der Waals surface area contributed by atoms with Crippen molar-refractivity contribution in [3.63, 3.8) is 0 Å². The fourth-order valence-corrected chi connectivity index (χ4v) is 11.5. The largest absolute Gasteiger partial charge is 0.347 e. The average molecular weight is 760 g/mol. The maximum atomic E-state index is 15.2. The second-order valence-corrected chi connectivity index (χ2v) is 22.5. The Morgan fingerprint density at radius 1 is 0.868 bits per heavy atom. The van der Waals surface area contributed by atoms with Crippen molar-refractivity contribution in [2.45, 2.75) is 186 Å². The molecule has 5 aliphatic rings. The Hall–Kier alpha value is -2.63. The second-order valence-electron chi connectivity index (χ2n) is 19.4. The Morgan fingerprint density at radius 2 is 1.47 bits per heavy atom. The Morgan fingerprint density at radius 3 is 2.04 bits per heavy atom. The second kappa shape index (κ2) is 15.8. The van der Waals surface area contributed by atoms with Crippen LogP contribution in [0.5, 0.6) is 0 Å². The lowest BCUT2D eigenvalue weighted by Gasteiger charge is -2.44. The number of Topliss-reactive ketones (excluding diaryl/α,β-unsaturated/α-hetero) is 1. The van der Waals surface area contributed by atoms with Crippen LogP contribution in [0.3, 0.4) is 0 Å². The van der Waals surface area contributed by atoms with Crippen LogP contribution in [-0.4, -0.2) is 91.3 Å². The van der Waals surface area contributed by atoms with Crippen molar-refractivity contribution in [2.75, 3.05) is 12.3 Å². The summed E-state index contributed by atoms with van der Waals surface area (Å²) >= 11 is 0. The van der Waals surface area contributed by atoms with Crippen LogP contribution in [0.2, 0.25) is 0 Å². The number of rotatable bonds is 13. The van der Waals surface area contributed by atoms with Gasteiger partial charge in [0.15, 0.2) is 0 Å². The lowest BCUT2D eigenvalue weighted by atomic mass is 9.70. The van der Waals surface area contributed by atoms with Crippen LogP contribution in [0.15, 0.2) is 0 Å². The standard InChI is InChI=1S/C41H69N5O6S/c1-9-16-30(32(47)35(49)42-27-17-18-27)43-34(48)31-28-19-24-39(5,6)29(28)25-46(31)36(50)33(40(7)20-12-10-13-21-40)44-37(51)45-41(22-14-11-15-23-41)26-53(8,52)38(2,3)4/h27-31,33H,8-26H2,1-7H3,(H,42,49)(H,43,48)(H2,44,45,51)/t28-,29-,30?,31-,33+,53?/m0/s1. The minimum Gasteiger partial charge on any atom is -0.347 e. The summed E-state index contributed by atoms with van der Waals surface area (Å²) < 4.78 is 13.4. The summed E-state index contributed by atoms with van der Waals surface area (Å²) in [4.78, 5) is 71.7. The zero-order valence-electron chi connectivity index (χ0n) is 33.7. The minimum atomic E-state index is -2.57. The van der Waals surface area contributed by atoms with Crippen LogP contribution < -0.4 is 21.3 Å². The van der Waals surface area contributed by atoms with Crippen LogP contribution in [0.1, 0.15) is 151 Å². The number of nitrogens with one attached hydrogen (secondary N) is 4. The molecule has 1 saturated heterocycles. The van der Waals surface area contributed by atoms with E-state index in [0.29, 0.717) is 32.2 Å². The molecule has 1 heterocycles. The van der Waals surface area contributed by atoms with Gasteiger partial charge in [-0.1, -0.05) is 72.6 Å². The molecule has 11 nitrogen and oxygen atoms in total. The lowest BCUT2D eigenvalue weighted by Crippen LogP contribution is -2.64. The first kappa shape index (κ1) is 41.5. The van der Waals surface area contributed by atoms with Crippen LogP contribution >= 0.6 is 0 Å². The normalized spacial score (nSPS) is 28.4. The predicted octanol–water partition coefficient (Wildman–Crippen LogP) is 5.24. The summed E-state index contributed by atoms with van der Waals surface area (Å²) in [5, 5.41) is 12.1. The highest BCUT2D eigenvalue weighted by molar-refractivity contribution is 8.01. The van der Waals surface area contributed by atoms with E-state index in [1.807, 2.05) is 27.7 Å². The Bertz CT molecular complexity index is 1500. The molecule has 0 bridgehead atoms. The molecule has 0 radical (unpaired) electrons. The maximum absolute atomic E-state index is 15.2. The van der Waals surface area contributed by atoms with Gasteiger partial charge in [-0.25, -0.2) is 4.79 Å². The zero-order valence-corrected chi connectivity index (χ0v) is 34.5. The first-order chi connectivity index (χ1) is 24.7. The monoisotopic (exact) mass is 759 g/mol. The van der Waals surface area contributed by atoms with Gasteiger partial charge in [0.25, 0.3) is 5.91 Å². The molecule has 12 heteroatoms. The van der Waals surface area contributed by atoms with Gasteiger partial charge in [-0.2, -0.15) is 0 Å². The summed E-state index contributed by atoms with van der Waals surface area (Å²) in [7, 11) is -2.57. The molecule has 53 heavy (non-hydrogen) atoms. The molecular weight excluding hydrogens is 691 g/mol. The zero-order chi connectivity index (χ0) is 39.0. The highest BCUT2D eigenvalue weighted by Gasteiger charge is 2.58. The van der Waals surface area contributed by atoms with Crippen molar-refractivity contribution in [3.05, 3.63) is 0 Å². The van der Waals surface area contributed by atoms with E-state index >= 15 is 4.79 Å². The number of amides is 5. The summed E-state index contributed by atoms with van der Waals surface area (Å²) in [6, 6.07) is -3.11. The molecule has 1 aliphatic heterocycles. The number of likely N-dealkylation sites (tertiary alicyclic amines) is 1. The molecule has 5 fully saturated rings. The lowest BCUT2D eigenvalue weighted by molar-refractivity contribution is -0.145. The number of hydrogen-bond acceptors (Lipinski definition) is 6. The van der Waals surface area contributed by atoms with E-state index in [0.717, 1.165) is 77.0 Å². The number of urea groups is 1. The van der Waals surface area contributed by atoms with Gasteiger partial charge in [-0.3, -0.25) is 23.4 Å². The van der Waals surface area contributed by atoms with Crippen LogP contribution in [0, 0.1) is 22.7 Å². The molecule has 4 saturated carbocycles. The topological polar surface area (TPSA) is 154 Å². The molecule has 2 unspecified atom stereocenters. The number of hydrogen-bond donors (Lipinski definition) is 4. The summed E-state index contributed by atoms with van der Waals surface area (Å²) in [6.07, 6.45) is 13.0. The number of ketones is 1. The molecule has 5 amide bonds. The number of nitrogens with zero attached hydrogens (tertiary/aromatic N) is 1. The summed E-state index contributed by atoms with van der Waals surface area (Å²) in [5.41, 5.74) is -1.33. The van der Waals surface area contributed by atoms with Gasteiger partial charge in [-0.05, 0) is 117 Å². The van der Waals surface area contributed by atoms with E-state index in [9.17, 15) is 23.4 Å². The van der Waals surface area contributed by atoms with Crippen molar-refractivity contribution in [1.29, 1.82) is 0 Å². The fourth-order valence-electron chi connectivity index (χ4n) is 9.79. The van der Waals surface area contributed by atoms with Crippen molar-refractivity contribution in [2.24, 2.45) is 22.7 Å². The van der Waals surface area contributed by atoms with E-state index in [4.69, 9.17) is 0 Å². The summed E-state index contributed by atoms with van der Waals surface area (Å²) in [5.74, 6) is 2.41. The smallest absolute Gasteiger partial charge is 0.315 e. The molecule has 4 N–H and O–H groups in total. The molecule has 300 valence electrons. The van der Waals surface area contributed by atoms with Gasteiger partial charge in [0.1, 0.15) is 12.1 Å². The minimum absolute atomic E-state index is 0.0193. The van der Waals surface area contributed by atoms with Crippen molar-refractivity contribution in [3.8, 4) is 0 Å². The fraction of sp³-hybridized carbons (Fsp3) is 0.854. The van der Waals surface area contributed by atoms with Gasteiger partial charge >= 0.3 is 6.03 Å². The quantitative estimate of drug-likeness (QED) is 0.149.